The Balaban J connectivity index is 1.36. The molecule has 0 aliphatic carbocycles. The molecule has 5 rings (SSSR count). The normalized spacial score (nSPS) is 14.8. The number of pyridine rings is 1. The molecule has 4 N–H and O–H groups in total. The standard InChI is InChI=1S/C29H32Cl2N6O5S2/c1-18(33-9-10-36-11-13-42-14-12-36)24-17-37(28(38)22-8-5-20(32-2)15-23(22)24)21-6-3-19(4-7-21)34-29(39)35-44(40,41)26-16-25(30)27(31)43-26/h3-8,15-18,32-33H,9-14H2,1-2H3,(H2,34,35,39). The SMILES string of the molecule is CNc1ccc2c(=O)n(-c3ccc(NC(=O)NS(=O)(=O)c4cc(Cl)c(Cl)s4)cc3)cc(C(C)NCCN3CCOCC3)c2c1. The number of fused-ring (bicyclic) bond motifs is 1. The Bertz CT molecular complexity index is 1800. The Labute approximate surface area is 269 Å². The fraction of sp³-hybridized carbons (Fsp3) is 0.310. The monoisotopic (exact) mass is 678 g/mol. The minimum atomic E-state index is -4.17. The molecule has 2 aromatic carbocycles. The van der Waals surface area contributed by atoms with Crippen molar-refractivity contribution in [2.75, 3.05) is 57.1 Å². The summed E-state index contributed by atoms with van der Waals surface area (Å²) in [6.07, 6.45) is 1.84. The second-order valence-corrected chi connectivity index (χ2v) is 14.2. The minimum absolute atomic E-state index is 0.0582. The highest BCUT2D eigenvalue weighted by Crippen LogP contribution is 2.34. The molecule has 1 atom stereocenters. The van der Waals surface area contributed by atoms with Gasteiger partial charge in [-0.15, -0.1) is 11.3 Å². The number of sulfonamides is 1. The van der Waals surface area contributed by atoms with Crippen molar-refractivity contribution in [2.24, 2.45) is 0 Å². The second-order valence-electron chi connectivity index (χ2n) is 10.2. The number of carbonyl (C=O) groups is 1. The molecule has 11 nitrogen and oxygen atoms in total. The summed E-state index contributed by atoms with van der Waals surface area (Å²) in [7, 11) is -2.33. The molecule has 0 radical (unpaired) electrons. The summed E-state index contributed by atoms with van der Waals surface area (Å²) in [5, 5.41) is 10.8. The van der Waals surface area contributed by atoms with Gasteiger partial charge in [0, 0.05) is 67.9 Å². The first-order valence-corrected chi connectivity index (χ1v) is 16.9. The van der Waals surface area contributed by atoms with Gasteiger partial charge in [0.05, 0.1) is 18.2 Å². The molecule has 1 saturated heterocycles. The van der Waals surface area contributed by atoms with Crippen molar-refractivity contribution in [3.8, 4) is 5.69 Å². The number of carbonyl (C=O) groups excluding carboxylic acids is 1. The van der Waals surface area contributed by atoms with Gasteiger partial charge in [0.15, 0.2) is 0 Å². The van der Waals surface area contributed by atoms with Crippen LogP contribution in [0.15, 0.2) is 63.7 Å². The van der Waals surface area contributed by atoms with E-state index in [1.165, 1.54) is 6.07 Å². The van der Waals surface area contributed by atoms with E-state index in [-0.39, 0.29) is 25.2 Å². The van der Waals surface area contributed by atoms with Crippen molar-refractivity contribution in [1.29, 1.82) is 0 Å². The molecule has 0 spiro atoms. The number of halogens is 2. The highest BCUT2D eigenvalue weighted by Gasteiger charge is 2.22. The number of nitrogens with one attached hydrogen (secondary N) is 4. The third-order valence-electron chi connectivity index (χ3n) is 7.30. The molecule has 4 aromatic rings. The van der Waals surface area contributed by atoms with Gasteiger partial charge in [-0.3, -0.25) is 14.3 Å². The molecule has 1 fully saturated rings. The van der Waals surface area contributed by atoms with Crippen LogP contribution in [-0.4, -0.2) is 70.4 Å². The van der Waals surface area contributed by atoms with Gasteiger partial charge in [-0.05, 0) is 66.4 Å². The lowest BCUT2D eigenvalue weighted by Crippen LogP contribution is -2.40. The van der Waals surface area contributed by atoms with Crippen LogP contribution in [0.25, 0.3) is 16.5 Å². The topological polar surface area (TPSA) is 134 Å². The van der Waals surface area contributed by atoms with Gasteiger partial charge in [-0.2, -0.15) is 0 Å². The van der Waals surface area contributed by atoms with Crippen LogP contribution in [0.1, 0.15) is 18.5 Å². The zero-order chi connectivity index (χ0) is 31.4. The van der Waals surface area contributed by atoms with Crippen LogP contribution in [0, 0.1) is 0 Å². The van der Waals surface area contributed by atoms with Gasteiger partial charge in [-0.25, -0.2) is 17.9 Å². The summed E-state index contributed by atoms with van der Waals surface area (Å²) in [5.74, 6) is 0. The average Bonchev–Trinajstić information content (AvgIpc) is 3.36. The molecular weight excluding hydrogens is 647 g/mol. The van der Waals surface area contributed by atoms with E-state index in [2.05, 4.69) is 27.8 Å². The van der Waals surface area contributed by atoms with Gasteiger partial charge in [0.1, 0.15) is 8.55 Å². The first-order valence-electron chi connectivity index (χ1n) is 13.9. The minimum Gasteiger partial charge on any atom is -0.388 e. The Morgan fingerprint density at radius 1 is 1.05 bits per heavy atom. The first kappa shape index (κ1) is 32.2. The lowest BCUT2D eigenvalue weighted by molar-refractivity contribution is 0.0382. The number of amides is 2. The van der Waals surface area contributed by atoms with Crippen LogP contribution in [0.2, 0.25) is 9.36 Å². The van der Waals surface area contributed by atoms with Crippen molar-refractivity contribution in [3.05, 3.63) is 80.0 Å². The summed E-state index contributed by atoms with van der Waals surface area (Å²) in [6.45, 7) is 7.06. The number of hydrogen-bond acceptors (Lipinski definition) is 9. The van der Waals surface area contributed by atoms with E-state index in [1.807, 2.05) is 36.2 Å². The summed E-state index contributed by atoms with van der Waals surface area (Å²) in [4.78, 5) is 28.5. The Hall–Kier alpha value is -3.17. The molecular formula is C29H32Cl2N6O5S2. The second kappa shape index (κ2) is 13.9. The van der Waals surface area contributed by atoms with Crippen LogP contribution >= 0.6 is 34.5 Å². The van der Waals surface area contributed by atoms with Crippen LogP contribution in [0.4, 0.5) is 16.2 Å². The Kier molecular flexibility index (Phi) is 10.2. The van der Waals surface area contributed by atoms with E-state index >= 15 is 0 Å². The summed E-state index contributed by atoms with van der Waals surface area (Å²) in [6, 6.07) is 12.4. The maximum Gasteiger partial charge on any atom is 0.333 e. The number of hydrogen-bond donors (Lipinski definition) is 4. The van der Waals surface area contributed by atoms with E-state index in [0.29, 0.717) is 16.8 Å². The smallest absolute Gasteiger partial charge is 0.333 e. The van der Waals surface area contributed by atoms with Gasteiger partial charge >= 0.3 is 6.03 Å². The van der Waals surface area contributed by atoms with Crippen molar-refractivity contribution < 1.29 is 17.9 Å². The predicted molar refractivity (Wildman–Crippen MR) is 176 cm³/mol. The van der Waals surface area contributed by atoms with Crippen molar-refractivity contribution in [1.82, 2.24) is 19.5 Å². The molecule has 234 valence electrons. The molecule has 1 unspecified atom stereocenters. The molecule has 15 heteroatoms. The average molecular weight is 680 g/mol. The zero-order valence-electron chi connectivity index (χ0n) is 24.0. The summed E-state index contributed by atoms with van der Waals surface area (Å²) < 4.78 is 33.9. The van der Waals surface area contributed by atoms with Crippen LogP contribution < -0.4 is 26.2 Å². The number of anilines is 2. The van der Waals surface area contributed by atoms with Crippen molar-refractivity contribution in [3.63, 3.8) is 0 Å². The quantitative estimate of drug-likeness (QED) is 0.186. The fourth-order valence-corrected chi connectivity index (χ4v) is 7.71. The number of nitrogens with zero attached hydrogens (tertiary/aromatic N) is 2. The number of urea groups is 1. The predicted octanol–water partition coefficient (Wildman–Crippen LogP) is 4.89. The third kappa shape index (κ3) is 7.37. The van der Waals surface area contributed by atoms with Gasteiger partial charge in [0.2, 0.25) is 0 Å². The molecule has 2 amide bonds. The van der Waals surface area contributed by atoms with Crippen LogP contribution in [-0.2, 0) is 14.8 Å². The maximum absolute atomic E-state index is 13.6. The van der Waals surface area contributed by atoms with E-state index < -0.39 is 16.1 Å². The summed E-state index contributed by atoms with van der Waals surface area (Å²) >= 11 is 12.5. The summed E-state index contributed by atoms with van der Waals surface area (Å²) in [5.41, 5.74) is 2.58. The number of aromatic nitrogens is 1. The number of morpholine rings is 1. The highest BCUT2D eigenvalue weighted by molar-refractivity contribution is 7.92. The van der Waals surface area contributed by atoms with E-state index in [4.69, 9.17) is 27.9 Å². The van der Waals surface area contributed by atoms with Gasteiger partial charge in [-0.1, -0.05) is 23.2 Å². The number of rotatable bonds is 10. The molecule has 0 bridgehead atoms. The van der Waals surface area contributed by atoms with Crippen LogP contribution in [0.3, 0.4) is 0 Å². The van der Waals surface area contributed by atoms with E-state index in [0.717, 1.165) is 67.4 Å². The third-order valence-corrected chi connectivity index (χ3v) is 11.0. The van der Waals surface area contributed by atoms with E-state index in [9.17, 15) is 18.0 Å². The number of thiophene rings is 1. The highest BCUT2D eigenvalue weighted by atomic mass is 35.5. The van der Waals surface area contributed by atoms with Crippen LogP contribution in [0.5, 0.6) is 0 Å². The lowest BCUT2D eigenvalue weighted by Gasteiger charge is -2.27. The largest absolute Gasteiger partial charge is 0.388 e. The van der Waals surface area contributed by atoms with Crippen molar-refractivity contribution in [2.45, 2.75) is 17.2 Å². The molecule has 1 aliphatic rings. The van der Waals surface area contributed by atoms with Gasteiger partial charge in [0.25, 0.3) is 15.6 Å². The Morgan fingerprint density at radius 3 is 2.41 bits per heavy atom. The molecule has 2 aromatic heterocycles. The van der Waals surface area contributed by atoms with Gasteiger partial charge < -0.3 is 20.7 Å². The maximum atomic E-state index is 13.6. The molecule has 0 saturated carbocycles. The van der Waals surface area contributed by atoms with E-state index in [1.54, 1.807) is 28.8 Å². The molecule has 44 heavy (non-hydrogen) atoms. The Morgan fingerprint density at radius 2 is 1.75 bits per heavy atom. The number of benzene rings is 2. The molecule has 3 heterocycles. The van der Waals surface area contributed by atoms with Crippen molar-refractivity contribution >= 4 is 72.7 Å². The number of ether oxygens (including phenoxy) is 1. The lowest BCUT2D eigenvalue weighted by atomic mass is 10.0. The fourth-order valence-electron chi connectivity index (χ4n) is 4.93. The molecule has 1 aliphatic heterocycles. The zero-order valence-corrected chi connectivity index (χ0v) is 27.2. The first-order chi connectivity index (χ1) is 21.1.